The average Bonchev–Trinajstić information content (AvgIpc) is 3.16. The molecule has 5 nitrogen and oxygen atoms in total. The lowest BCUT2D eigenvalue weighted by atomic mass is 10.2. The van der Waals surface area contributed by atoms with Gasteiger partial charge in [-0.05, 0) is 48.5 Å². The standard InChI is InChI=1S/C23H17ClN2O3/c1-28-20-8-3-2-5-15(20)9-12-22(27)25-18-7-4-6-16(13-18)23-26-19-14-17(24)10-11-21(19)29-23/h2-14H,1H3,(H,25,27)/b12-9+. The molecule has 144 valence electrons. The van der Waals surface area contributed by atoms with Crippen molar-refractivity contribution in [3.8, 4) is 17.2 Å². The molecular weight excluding hydrogens is 388 g/mol. The molecule has 4 rings (SSSR count). The summed E-state index contributed by atoms with van der Waals surface area (Å²) in [6.07, 6.45) is 3.18. The first-order valence-electron chi connectivity index (χ1n) is 8.91. The fraction of sp³-hybridized carbons (Fsp3) is 0.0435. The highest BCUT2D eigenvalue weighted by atomic mass is 35.5. The Bertz CT molecular complexity index is 1210. The van der Waals surface area contributed by atoms with Gasteiger partial charge in [-0.25, -0.2) is 4.98 Å². The fourth-order valence-corrected chi connectivity index (χ4v) is 3.07. The summed E-state index contributed by atoms with van der Waals surface area (Å²) in [5.41, 5.74) is 3.55. The van der Waals surface area contributed by atoms with E-state index in [0.29, 0.717) is 33.4 Å². The van der Waals surface area contributed by atoms with Gasteiger partial charge in [0.05, 0.1) is 7.11 Å². The first-order valence-corrected chi connectivity index (χ1v) is 9.29. The molecule has 0 saturated heterocycles. The summed E-state index contributed by atoms with van der Waals surface area (Å²) >= 11 is 6.01. The van der Waals surface area contributed by atoms with Crippen LogP contribution < -0.4 is 10.1 Å². The number of nitrogens with one attached hydrogen (secondary N) is 1. The Balaban J connectivity index is 1.52. The van der Waals surface area contributed by atoms with Gasteiger partial charge in [0.25, 0.3) is 0 Å². The second-order valence-corrected chi connectivity index (χ2v) is 6.71. The summed E-state index contributed by atoms with van der Waals surface area (Å²) in [7, 11) is 1.60. The predicted octanol–water partition coefficient (Wildman–Crippen LogP) is 5.81. The Morgan fingerprint density at radius 2 is 1.97 bits per heavy atom. The predicted molar refractivity (Wildman–Crippen MR) is 115 cm³/mol. The molecule has 1 N–H and O–H groups in total. The Morgan fingerprint density at radius 1 is 1.10 bits per heavy atom. The highest BCUT2D eigenvalue weighted by Gasteiger charge is 2.10. The monoisotopic (exact) mass is 404 g/mol. The summed E-state index contributed by atoms with van der Waals surface area (Å²) < 4.78 is 11.1. The number of halogens is 1. The van der Waals surface area contributed by atoms with E-state index in [4.69, 9.17) is 20.8 Å². The SMILES string of the molecule is COc1ccccc1/C=C/C(=O)Nc1cccc(-c2nc3cc(Cl)ccc3o2)c1. The topological polar surface area (TPSA) is 64.4 Å². The minimum Gasteiger partial charge on any atom is -0.496 e. The number of aromatic nitrogens is 1. The van der Waals surface area contributed by atoms with Crippen molar-refractivity contribution >= 4 is 40.4 Å². The van der Waals surface area contributed by atoms with Crippen molar-refractivity contribution in [3.05, 3.63) is 83.4 Å². The number of para-hydroxylation sites is 1. The van der Waals surface area contributed by atoms with Crippen molar-refractivity contribution in [2.24, 2.45) is 0 Å². The van der Waals surface area contributed by atoms with Gasteiger partial charge in [0.2, 0.25) is 11.8 Å². The molecule has 4 aromatic rings. The third-order valence-electron chi connectivity index (χ3n) is 4.28. The number of hydrogen-bond acceptors (Lipinski definition) is 4. The molecule has 0 bridgehead atoms. The minimum atomic E-state index is -0.252. The number of benzene rings is 3. The molecule has 0 atom stereocenters. The zero-order valence-corrected chi connectivity index (χ0v) is 16.3. The van der Waals surface area contributed by atoms with Gasteiger partial charge < -0.3 is 14.5 Å². The molecule has 1 heterocycles. The van der Waals surface area contributed by atoms with Crippen molar-refractivity contribution in [3.63, 3.8) is 0 Å². The third-order valence-corrected chi connectivity index (χ3v) is 4.51. The number of hydrogen-bond donors (Lipinski definition) is 1. The van der Waals surface area contributed by atoms with Crippen LogP contribution >= 0.6 is 11.6 Å². The van der Waals surface area contributed by atoms with E-state index in [0.717, 1.165) is 11.1 Å². The van der Waals surface area contributed by atoms with E-state index in [1.54, 1.807) is 43.5 Å². The van der Waals surface area contributed by atoms with Crippen molar-refractivity contribution < 1.29 is 13.9 Å². The summed E-state index contributed by atoms with van der Waals surface area (Å²) in [5.74, 6) is 0.912. The highest BCUT2D eigenvalue weighted by Crippen LogP contribution is 2.27. The second-order valence-electron chi connectivity index (χ2n) is 6.28. The number of ether oxygens (including phenoxy) is 1. The van der Waals surface area contributed by atoms with Crippen molar-refractivity contribution in [2.45, 2.75) is 0 Å². The molecule has 0 saturated carbocycles. The lowest BCUT2D eigenvalue weighted by molar-refractivity contribution is -0.111. The molecule has 0 aliphatic heterocycles. The molecule has 0 aliphatic rings. The van der Waals surface area contributed by atoms with Crippen LogP contribution in [0.1, 0.15) is 5.56 Å². The van der Waals surface area contributed by atoms with Crippen LogP contribution in [0.3, 0.4) is 0 Å². The normalized spacial score (nSPS) is 11.1. The summed E-state index contributed by atoms with van der Waals surface area (Å²) in [6, 6.07) is 20.1. The minimum absolute atomic E-state index is 0.252. The first-order chi connectivity index (χ1) is 14.1. The van der Waals surface area contributed by atoms with Crippen LogP contribution in [0.2, 0.25) is 5.02 Å². The zero-order chi connectivity index (χ0) is 20.2. The molecule has 0 radical (unpaired) electrons. The van der Waals surface area contributed by atoms with E-state index in [1.807, 2.05) is 36.4 Å². The van der Waals surface area contributed by atoms with Crippen LogP contribution in [0, 0.1) is 0 Å². The van der Waals surface area contributed by atoms with Gasteiger partial charge in [-0.3, -0.25) is 4.79 Å². The molecule has 0 aliphatic carbocycles. The van der Waals surface area contributed by atoms with Gasteiger partial charge >= 0.3 is 0 Å². The molecule has 0 spiro atoms. The number of nitrogens with zero attached hydrogens (tertiary/aromatic N) is 1. The molecule has 1 aromatic heterocycles. The van der Waals surface area contributed by atoms with Gasteiger partial charge in [-0.1, -0.05) is 35.9 Å². The molecule has 0 fully saturated rings. The van der Waals surface area contributed by atoms with Gasteiger partial charge in [0, 0.05) is 27.9 Å². The summed E-state index contributed by atoms with van der Waals surface area (Å²) in [6.45, 7) is 0. The Hall–Kier alpha value is -3.57. The lowest BCUT2D eigenvalue weighted by Gasteiger charge is -2.05. The second kappa shape index (κ2) is 8.20. The third kappa shape index (κ3) is 4.31. The number of carbonyl (C=O) groups is 1. The van der Waals surface area contributed by atoms with Crippen LogP contribution in [-0.4, -0.2) is 18.0 Å². The van der Waals surface area contributed by atoms with E-state index >= 15 is 0 Å². The van der Waals surface area contributed by atoms with Crippen LogP contribution in [0.5, 0.6) is 5.75 Å². The Kier molecular flexibility index (Phi) is 5.31. The van der Waals surface area contributed by atoms with Gasteiger partial charge in [0.15, 0.2) is 5.58 Å². The lowest BCUT2D eigenvalue weighted by Crippen LogP contribution is -2.07. The molecular formula is C23H17ClN2O3. The summed E-state index contributed by atoms with van der Waals surface area (Å²) in [5, 5.41) is 3.44. The number of anilines is 1. The molecule has 29 heavy (non-hydrogen) atoms. The molecule has 0 unspecified atom stereocenters. The first kappa shape index (κ1) is 18.8. The fourth-order valence-electron chi connectivity index (χ4n) is 2.91. The van der Waals surface area contributed by atoms with Gasteiger partial charge in [-0.15, -0.1) is 0 Å². The van der Waals surface area contributed by atoms with Gasteiger partial charge in [-0.2, -0.15) is 0 Å². The largest absolute Gasteiger partial charge is 0.496 e. The van der Waals surface area contributed by atoms with E-state index in [2.05, 4.69) is 10.3 Å². The van der Waals surface area contributed by atoms with E-state index in [9.17, 15) is 4.79 Å². The molecule has 1 amide bonds. The quantitative estimate of drug-likeness (QED) is 0.426. The van der Waals surface area contributed by atoms with Crippen molar-refractivity contribution in [1.82, 2.24) is 4.98 Å². The maximum atomic E-state index is 12.3. The average molecular weight is 405 g/mol. The maximum Gasteiger partial charge on any atom is 0.248 e. The number of methoxy groups -OCH3 is 1. The van der Waals surface area contributed by atoms with E-state index < -0.39 is 0 Å². The Morgan fingerprint density at radius 3 is 2.83 bits per heavy atom. The zero-order valence-electron chi connectivity index (χ0n) is 15.6. The molecule has 3 aromatic carbocycles. The maximum absolute atomic E-state index is 12.3. The van der Waals surface area contributed by atoms with E-state index in [-0.39, 0.29) is 5.91 Å². The van der Waals surface area contributed by atoms with Crippen LogP contribution in [0.15, 0.2) is 77.2 Å². The number of amides is 1. The van der Waals surface area contributed by atoms with Crippen molar-refractivity contribution in [2.75, 3.05) is 12.4 Å². The highest BCUT2D eigenvalue weighted by molar-refractivity contribution is 6.31. The number of oxazole rings is 1. The summed E-state index contributed by atoms with van der Waals surface area (Å²) in [4.78, 5) is 16.8. The number of carbonyl (C=O) groups excluding carboxylic acids is 1. The Labute approximate surface area is 172 Å². The van der Waals surface area contributed by atoms with E-state index in [1.165, 1.54) is 6.08 Å². The van der Waals surface area contributed by atoms with Crippen LogP contribution in [-0.2, 0) is 4.79 Å². The smallest absolute Gasteiger partial charge is 0.248 e. The number of rotatable bonds is 5. The van der Waals surface area contributed by atoms with Crippen LogP contribution in [0.25, 0.3) is 28.6 Å². The molecule has 6 heteroatoms. The van der Waals surface area contributed by atoms with Crippen molar-refractivity contribution in [1.29, 1.82) is 0 Å². The van der Waals surface area contributed by atoms with Crippen LogP contribution in [0.4, 0.5) is 5.69 Å². The van der Waals surface area contributed by atoms with Gasteiger partial charge in [0.1, 0.15) is 11.3 Å². The number of fused-ring (bicyclic) bond motifs is 1.